The number of sulfone groups is 1. The zero-order valence-corrected chi connectivity index (χ0v) is 11.4. The number of aliphatic hydroxyl groups excluding tert-OH is 1. The molecule has 0 saturated carbocycles. The summed E-state index contributed by atoms with van der Waals surface area (Å²) in [7, 11) is -2.04. The second-order valence-electron chi connectivity index (χ2n) is 4.04. The summed E-state index contributed by atoms with van der Waals surface area (Å²) < 4.78 is 29.3. The summed E-state index contributed by atoms with van der Waals surface area (Å²) in [6.07, 6.45) is 0. The van der Waals surface area contributed by atoms with Crippen LogP contribution in [0.4, 0.5) is 0 Å². The van der Waals surface area contributed by atoms with Gasteiger partial charge in [0.1, 0.15) is 10.6 Å². The summed E-state index contributed by atoms with van der Waals surface area (Å²) >= 11 is 0. The number of benzene rings is 1. The van der Waals surface area contributed by atoms with Crippen LogP contribution in [-0.2, 0) is 9.84 Å². The van der Waals surface area contributed by atoms with Gasteiger partial charge in [0.25, 0.3) is 0 Å². The summed E-state index contributed by atoms with van der Waals surface area (Å²) in [4.78, 5) is 0.192. The van der Waals surface area contributed by atoms with E-state index in [1.54, 1.807) is 6.92 Å². The van der Waals surface area contributed by atoms with Gasteiger partial charge in [-0.15, -0.1) is 0 Å². The van der Waals surface area contributed by atoms with Gasteiger partial charge >= 0.3 is 0 Å². The molecule has 5 heteroatoms. The summed E-state index contributed by atoms with van der Waals surface area (Å²) in [5, 5.41) is 8.82. The Morgan fingerprint density at radius 1 is 1.24 bits per heavy atom. The highest BCUT2D eigenvalue weighted by atomic mass is 32.2. The number of hydrogen-bond acceptors (Lipinski definition) is 4. The topological polar surface area (TPSA) is 63.6 Å². The van der Waals surface area contributed by atoms with E-state index in [0.29, 0.717) is 11.3 Å². The van der Waals surface area contributed by atoms with Gasteiger partial charge in [-0.3, -0.25) is 0 Å². The van der Waals surface area contributed by atoms with Gasteiger partial charge < -0.3 is 9.84 Å². The fourth-order valence-electron chi connectivity index (χ4n) is 1.88. The van der Waals surface area contributed by atoms with E-state index in [1.807, 2.05) is 19.9 Å². The van der Waals surface area contributed by atoms with E-state index in [2.05, 4.69) is 0 Å². The molecule has 1 aromatic rings. The first-order chi connectivity index (χ1) is 7.85. The fourth-order valence-corrected chi connectivity index (χ4v) is 3.39. The largest absolute Gasteiger partial charge is 0.495 e. The molecule has 0 radical (unpaired) electrons. The molecule has 0 bridgehead atoms. The molecule has 0 spiro atoms. The van der Waals surface area contributed by atoms with E-state index in [4.69, 9.17) is 9.84 Å². The predicted octanol–water partition coefficient (Wildman–Crippen LogP) is 1.39. The lowest BCUT2D eigenvalue weighted by molar-refractivity contribution is 0.319. The van der Waals surface area contributed by atoms with Crippen molar-refractivity contribution in [1.29, 1.82) is 0 Å². The third-order valence-corrected chi connectivity index (χ3v) is 4.65. The van der Waals surface area contributed by atoms with Crippen molar-refractivity contribution in [3.8, 4) is 5.75 Å². The molecule has 0 fully saturated rings. The molecular formula is C12H18O4S. The van der Waals surface area contributed by atoms with Crippen molar-refractivity contribution in [2.75, 3.05) is 19.5 Å². The first-order valence-corrected chi connectivity index (χ1v) is 6.98. The van der Waals surface area contributed by atoms with E-state index in [0.717, 1.165) is 11.1 Å². The van der Waals surface area contributed by atoms with Gasteiger partial charge in [-0.1, -0.05) is 6.07 Å². The maximum absolute atomic E-state index is 12.1. The van der Waals surface area contributed by atoms with Crippen LogP contribution in [0, 0.1) is 20.8 Å². The van der Waals surface area contributed by atoms with Crippen molar-refractivity contribution in [2.24, 2.45) is 0 Å². The second-order valence-corrected chi connectivity index (χ2v) is 6.09. The fraction of sp³-hybridized carbons (Fsp3) is 0.500. The molecule has 1 rings (SSSR count). The number of aliphatic hydroxyl groups is 1. The number of ether oxygens (including phenoxy) is 1. The molecule has 1 aromatic carbocycles. The maximum atomic E-state index is 12.1. The Kier molecular flexibility index (Phi) is 4.16. The third kappa shape index (κ3) is 2.61. The first-order valence-electron chi connectivity index (χ1n) is 5.33. The highest BCUT2D eigenvalue weighted by Gasteiger charge is 2.24. The van der Waals surface area contributed by atoms with Crippen LogP contribution in [0.5, 0.6) is 5.75 Å². The average molecular weight is 258 g/mol. The van der Waals surface area contributed by atoms with Crippen LogP contribution in [0.3, 0.4) is 0 Å². The van der Waals surface area contributed by atoms with Crippen LogP contribution in [0.25, 0.3) is 0 Å². The van der Waals surface area contributed by atoms with Crippen molar-refractivity contribution in [2.45, 2.75) is 25.7 Å². The van der Waals surface area contributed by atoms with Crippen LogP contribution in [-0.4, -0.2) is 33.0 Å². The number of aryl methyl sites for hydroxylation is 2. The van der Waals surface area contributed by atoms with Crippen LogP contribution in [0.15, 0.2) is 11.0 Å². The van der Waals surface area contributed by atoms with Gasteiger partial charge in [0.2, 0.25) is 0 Å². The molecule has 0 aromatic heterocycles. The second kappa shape index (κ2) is 5.06. The molecular weight excluding hydrogens is 240 g/mol. The van der Waals surface area contributed by atoms with E-state index in [1.165, 1.54) is 7.11 Å². The van der Waals surface area contributed by atoms with E-state index >= 15 is 0 Å². The van der Waals surface area contributed by atoms with Crippen molar-refractivity contribution in [3.05, 3.63) is 22.8 Å². The van der Waals surface area contributed by atoms with E-state index in [-0.39, 0.29) is 10.6 Å². The number of hydrogen-bond donors (Lipinski definition) is 1. The van der Waals surface area contributed by atoms with Gasteiger partial charge in [-0.2, -0.15) is 0 Å². The Bertz CT molecular complexity index is 518. The molecule has 96 valence electrons. The number of rotatable bonds is 4. The van der Waals surface area contributed by atoms with Gasteiger partial charge in [0, 0.05) is 0 Å². The quantitative estimate of drug-likeness (QED) is 0.886. The Labute approximate surface area is 102 Å². The lowest BCUT2D eigenvalue weighted by Crippen LogP contribution is -2.14. The van der Waals surface area contributed by atoms with Crippen LogP contribution >= 0.6 is 0 Å². The Hall–Kier alpha value is -1.07. The van der Waals surface area contributed by atoms with E-state index < -0.39 is 16.4 Å². The molecule has 0 saturated heterocycles. The van der Waals surface area contributed by atoms with Crippen molar-refractivity contribution in [3.63, 3.8) is 0 Å². The van der Waals surface area contributed by atoms with Gasteiger partial charge in [0.15, 0.2) is 9.84 Å². The van der Waals surface area contributed by atoms with Crippen LogP contribution in [0.2, 0.25) is 0 Å². The Balaban J connectivity index is 3.58. The molecule has 0 amide bonds. The first kappa shape index (κ1) is 14.0. The van der Waals surface area contributed by atoms with E-state index in [9.17, 15) is 8.42 Å². The van der Waals surface area contributed by atoms with Crippen molar-refractivity contribution >= 4 is 9.84 Å². The summed E-state index contributed by atoms with van der Waals surface area (Å²) in [6, 6.07) is 1.82. The van der Waals surface area contributed by atoms with Crippen molar-refractivity contribution < 1.29 is 18.3 Å². The summed E-state index contributed by atoms with van der Waals surface area (Å²) in [5.74, 6) is 0.100. The van der Waals surface area contributed by atoms with Crippen LogP contribution < -0.4 is 4.74 Å². The Morgan fingerprint density at radius 3 is 2.29 bits per heavy atom. The average Bonchev–Trinajstić information content (AvgIpc) is 2.22. The SMILES string of the molecule is COc1c(C)c(C)cc(C)c1S(=O)(=O)CCO. The normalized spacial score (nSPS) is 11.6. The molecule has 1 N–H and O–H groups in total. The minimum absolute atomic E-state index is 0.192. The van der Waals surface area contributed by atoms with Crippen LogP contribution in [0.1, 0.15) is 16.7 Å². The third-order valence-electron chi connectivity index (χ3n) is 2.80. The minimum atomic E-state index is -3.50. The zero-order valence-electron chi connectivity index (χ0n) is 10.6. The van der Waals surface area contributed by atoms with Gasteiger partial charge in [-0.05, 0) is 37.5 Å². The van der Waals surface area contributed by atoms with Gasteiger partial charge in [0.05, 0.1) is 19.5 Å². The standard InChI is InChI=1S/C12H18O4S/c1-8-7-9(2)12(11(16-4)10(8)3)17(14,15)6-5-13/h7,13H,5-6H2,1-4H3. The molecule has 0 unspecified atom stereocenters. The summed E-state index contributed by atoms with van der Waals surface area (Å²) in [6.45, 7) is 5.08. The molecule has 4 nitrogen and oxygen atoms in total. The summed E-state index contributed by atoms with van der Waals surface area (Å²) in [5.41, 5.74) is 2.45. The zero-order chi connectivity index (χ0) is 13.2. The lowest BCUT2D eigenvalue weighted by atomic mass is 10.1. The molecule has 0 aliphatic heterocycles. The molecule has 0 aliphatic rings. The lowest BCUT2D eigenvalue weighted by Gasteiger charge is -2.16. The molecule has 17 heavy (non-hydrogen) atoms. The maximum Gasteiger partial charge on any atom is 0.184 e. The number of methoxy groups -OCH3 is 1. The molecule has 0 heterocycles. The molecule has 0 atom stereocenters. The highest BCUT2D eigenvalue weighted by Crippen LogP contribution is 2.33. The minimum Gasteiger partial charge on any atom is -0.495 e. The molecule has 0 aliphatic carbocycles. The Morgan fingerprint density at radius 2 is 1.82 bits per heavy atom. The predicted molar refractivity (Wildman–Crippen MR) is 66.3 cm³/mol. The smallest absolute Gasteiger partial charge is 0.184 e. The van der Waals surface area contributed by atoms with Gasteiger partial charge in [-0.25, -0.2) is 8.42 Å². The highest BCUT2D eigenvalue weighted by molar-refractivity contribution is 7.91. The van der Waals surface area contributed by atoms with Crippen molar-refractivity contribution in [1.82, 2.24) is 0 Å². The monoisotopic (exact) mass is 258 g/mol.